The molecule has 6 heteroatoms. The van der Waals surface area contributed by atoms with E-state index in [1.807, 2.05) is 35.0 Å². The maximum Gasteiger partial charge on any atom is 0.142 e. The molecule has 1 aromatic carbocycles. The van der Waals surface area contributed by atoms with E-state index in [1.165, 1.54) is 0 Å². The summed E-state index contributed by atoms with van der Waals surface area (Å²) < 4.78 is 1.95. The zero-order chi connectivity index (χ0) is 17.7. The number of nitrogen functional groups attached to an aromatic ring is 1. The largest absolute Gasteiger partial charge is 0.383 e. The van der Waals surface area contributed by atoms with Crippen LogP contribution in [-0.2, 0) is 6.42 Å². The first-order chi connectivity index (χ1) is 12.7. The number of anilines is 1. The molecular formula is C20H18N6. The van der Waals surface area contributed by atoms with E-state index in [9.17, 15) is 5.26 Å². The van der Waals surface area contributed by atoms with Gasteiger partial charge in [0.25, 0.3) is 0 Å². The van der Waals surface area contributed by atoms with Crippen molar-refractivity contribution in [1.82, 2.24) is 19.9 Å². The second-order valence-corrected chi connectivity index (χ2v) is 6.93. The molecule has 0 aliphatic carbocycles. The van der Waals surface area contributed by atoms with Crippen molar-refractivity contribution in [1.29, 1.82) is 5.26 Å². The minimum absolute atomic E-state index is 0.257. The summed E-state index contributed by atoms with van der Waals surface area (Å²) in [5, 5.41) is 13.4. The van der Waals surface area contributed by atoms with E-state index in [4.69, 9.17) is 5.73 Å². The van der Waals surface area contributed by atoms with Crippen molar-refractivity contribution in [3.8, 4) is 22.9 Å². The highest BCUT2D eigenvalue weighted by atomic mass is 15.0. The Morgan fingerprint density at radius 2 is 2.08 bits per heavy atom. The van der Waals surface area contributed by atoms with Gasteiger partial charge in [0.1, 0.15) is 17.5 Å². The third kappa shape index (κ3) is 2.21. The molecule has 3 aromatic rings. The van der Waals surface area contributed by atoms with Crippen LogP contribution in [0.4, 0.5) is 5.82 Å². The Bertz CT molecular complexity index is 1010. The number of benzene rings is 1. The zero-order valence-electron chi connectivity index (χ0n) is 14.2. The van der Waals surface area contributed by atoms with Crippen molar-refractivity contribution in [2.75, 3.05) is 5.73 Å². The van der Waals surface area contributed by atoms with E-state index in [0.717, 1.165) is 47.3 Å². The predicted molar refractivity (Wildman–Crippen MR) is 98.5 cm³/mol. The Morgan fingerprint density at radius 3 is 2.81 bits per heavy atom. The Labute approximate surface area is 151 Å². The molecule has 0 spiro atoms. The predicted octanol–water partition coefficient (Wildman–Crippen LogP) is 2.74. The Morgan fingerprint density at radius 1 is 1.23 bits per heavy atom. The maximum atomic E-state index is 9.73. The number of fused-ring (bicyclic) bond motifs is 4. The van der Waals surface area contributed by atoms with E-state index in [0.29, 0.717) is 17.4 Å². The normalized spacial score (nSPS) is 20.6. The first-order valence-corrected chi connectivity index (χ1v) is 8.81. The quantitative estimate of drug-likeness (QED) is 0.747. The van der Waals surface area contributed by atoms with Gasteiger partial charge in [-0.2, -0.15) is 5.26 Å². The molecule has 0 radical (unpaired) electrons. The van der Waals surface area contributed by atoms with Crippen molar-refractivity contribution in [2.45, 2.75) is 31.3 Å². The summed E-state index contributed by atoms with van der Waals surface area (Å²) in [5.74, 6) is 0.334. The summed E-state index contributed by atoms with van der Waals surface area (Å²) in [5.41, 5.74) is 11.8. The summed E-state index contributed by atoms with van der Waals surface area (Å²) in [7, 11) is 0. The number of imidazole rings is 1. The molecule has 1 fully saturated rings. The summed E-state index contributed by atoms with van der Waals surface area (Å²) in [6.07, 6.45) is 8.52. The van der Waals surface area contributed by atoms with Gasteiger partial charge in [0.2, 0.25) is 0 Å². The van der Waals surface area contributed by atoms with Crippen molar-refractivity contribution < 1.29 is 0 Å². The van der Waals surface area contributed by atoms with Gasteiger partial charge in [-0.25, -0.2) is 9.97 Å². The highest BCUT2D eigenvalue weighted by Gasteiger charge is 2.36. The molecule has 5 rings (SSSR count). The first-order valence-electron chi connectivity index (χ1n) is 8.81. The Balaban J connectivity index is 1.69. The number of hydrogen-bond acceptors (Lipinski definition) is 5. The van der Waals surface area contributed by atoms with E-state index >= 15 is 0 Å². The van der Waals surface area contributed by atoms with Crippen LogP contribution in [0.5, 0.6) is 0 Å². The lowest BCUT2D eigenvalue weighted by Gasteiger charge is -2.27. The number of nitrogens with one attached hydrogen (secondary N) is 1. The molecule has 2 aliphatic rings. The SMILES string of the molecule is N#Cc1c(N)nc2c(c1-c1ccc(-n3ccnc3)cc1)[C@H]1CC[C@@H](C2)N1. The highest BCUT2D eigenvalue weighted by Crippen LogP contribution is 2.43. The fraction of sp³-hybridized carbons (Fsp3) is 0.250. The van der Waals surface area contributed by atoms with Crippen molar-refractivity contribution >= 4 is 5.82 Å². The standard InChI is InChI=1S/C20H18N6/c21-10-15-18(12-1-4-14(5-2-12)26-8-7-23-11-26)19-16-6-3-13(24-16)9-17(19)25-20(15)22/h1-2,4-5,7-8,11,13,16,24H,3,6,9H2,(H2,22,25)/t13-,16+/m0/s1. The van der Waals surface area contributed by atoms with Crippen LogP contribution in [0.3, 0.4) is 0 Å². The van der Waals surface area contributed by atoms with Gasteiger partial charge in [0, 0.05) is 47.8 Å². The lowest BCUT2D eigenvalue weighted by atomic mass is 9.88. The molecule has 128 valence electrons. The minimum atomic E-state index is 0.257. The smallest absolute Gasteiger partial charge is 0.142 e. The number of hydrogen-bond donors (Lipinski definition) is 2. The summed E-state index contributed by atoms with van der Waals surface area (Å²) in [6, 6.07) is 11.2. The van der Waals surface area contributed by atoms with E-state index in [-0.39, 0.29) is 6.04 Å². The zero-order valence-corrected chi connectivity index (χ0v) is 14.2. The first kappa shape index (κ1) is 15.1. The van der Waals surface area contributed by atoms with Crippen molar-refractivity contribution in [3.05, 3.63) is 59.8 Å². The average molecular weight is 342 g/mol. The van der Waals surface area contributed by atoms with E-state index in [2.05, 4.69) is 21.4 Å². The minimum Gasteiger partial charge on any atom is -0.383 e. The third-order valence-corrected chi connectivity index (χ3v) is 5.44. The number of nitriles is 1. The van der Waals surface area contributed by atoms with Crippen molar-refractivity contribution in [3.63, 3.8) is 0 Å². The van der Waals surface area contributed by atoms with Crippen LogP contribution in [0.15, 0.2) is 43.0 Å². The van der Waals surface area contributed by atoms with E-state index < -0.39 is 0 Å². The van der Waals surface area contributed by atoms with Gasteiger partial charge in [0.05, 0.1) is 6.33 Å². The lowest BCUT2D eigenvalue weighted by Crippen LogP contribution is -2.33. The Kier molecular flexibility index (Phi) is 3.30. The van der Waals surface area contributed by atoms with Crippen LogP contribution in [0.25, 0.3) is 16.8 Å². The molecule has 0 amide bonds. The molecule has 6 nitrogen and oxygen atoms in total. The summed E-state index contributed by atoms with van der Waals surface area (Å²) in [6.45, 7) is 0. The molecule has 26 heavy (non-hydrogen) atoms. The van der Waals surface area contributed by atoms with Crippen LogP contribution in [0.2, 0.25) is 0 Å². The number of nitrogens with two attached hydrogens (primary N) is 1. The van der Waals surface area contributed by atoms with Gasteiger partial charge in [-0.1, -0.05) is 12.1 Å². The molecule has 2 aliphatic heterocycles. The van der Waals surface area contributed by atoms with Gasteiger partial charge in [0.15, 0.2) is 0 Å². The third-order valence-electron chi connectivity index (χ3n) is 5.44. The van der Waals surface area contributed by atoms with E-state index in [1.54, 1.807) is 12.5 Å². The Hall–Kier alpha value is -3.17. The van der Waals surface area contributed by atoms with Gasteiger partial charge in [-0.3, -0.25) is 0 Å². The number of nitrogens with zero attached hydrogens (tertiary/aromatic N) is 4. The second-order valence-electron chi connectivity index (χ2n) is 6.93. The molecular weight excluding hydrogens is 324 g/mol. The van der Waals surface area contributed by atoms with Gasteiger partial charge >= 0.3 is 0 Å². The van der Waals surface area contributed by atoms with Crippen molar-refractivity contribution in [2.24, 2.45) is 0 Å². The maximum absolute atomic E-state index is 9.73. The highest BCUT2D eigenvalue weighted by molar-refractivity contribution is 5.80. The van der Waals surface area contributed by atoms with Gasteiger partial charge in [-0.05, 0) is 36.1 Å². The van der Waals surface area contributed by atoms with Gasteiger partial charge < -0.3 is 15.6 Å². The molecule has 0 saturated carbocycles. The summed E-state index contributed by atoms with van der Waals surface area (Å²) in [4.78, 5) is 8.66. The molecule has 2 atom stereocenters. The fourth-order valence-corrected chi connectivity index (χ4v) is 4.27. The van der Waals surface area contributed by atoms with Crippen LogP contribution < -0.4 is 11.1 Å². The van der Waals surface area contributed by atoms with Gasteiger partial charge in [-0.15, -0.1) is 0 Å². The van der Waals surface area contributed by atoms with Crippen LogP contribution >= 0.6 is 0 Å². The average Bonchev–Trinajstić information content (AvgIpc) is 3.31. The monoisotopic (exact) mass is 342 g/mol. The lowest BCUT2D eigenvalue weighted by molar-refractivity contribution is 0.508. The molecule has 1 saturated heterocycles. The van der Waals surface area contributed by atoms with Crippen LogP contribution in [-0.4, -0.2) is 20.6 Å². The topological polar surface area (TPSA) is 92.5 Å². The van der Waals surface area contributed by atoms with Crippen LogP contribution in [0.1, 0.15) is 35.7 Å². The molecule has 4 heterocycles. The number of pyridine rings is 1. The molecule has 2 bridgehead atoms. The fourth-order valence-electron chi connectivity index (χ4n) is 4.27. The second kappa shape index (κ2) is 5.68. The molecule has 0 unspecified atom stereocenters. The number of aromatic nitrogens is 3. The number of rotatable bonds is 2. The van der Waals surface area contributed by atoms with Crippen LogP contribution in [0, 0.1) is 11.3 Å². The molecule has 2 aromatic heterocycles. The molecule has 3 N–H and O–H groups in total. The summed E-state index contributed by atoms with van der Waals surface area (Å²) >= 11 is 0.